The van der Waals surface area contributed by atoms with Gasteiger partial charge in [0.05, 0.1) is 0 Å². The second kappa shape index (κ2) is 20.3. The van der Waals surface area contributed by atoms with Crippen molar-refractivity contribution in [3.05, 3.63) is 0 Å². The van der Waals surface area contributed by atoms with E-state index in [-0.39, 0.29) is 0 Å². The Bertz CT molecular complexity index is 396. The van der Waals surface area contributed by atoms with Gasteiger partial charge in [-0.2, -0.15) is 0 Å². The maximum absolute atomic E-state index is 6.40. The molecule has 0 radical (unpaired) electrons. The summed E-state index contributed by atoms with van der Waals surface area (Å²) in [6, 6.07) is 0. The summed E-state index contributed by atoms with van der Waals surface area (Å²) in [7, 11) is -7.16. The van der Waals surface area contributed by atoms with Crippen LogP contribution in [0.5, 0.6) is 0 Å². The first-order valence-electron chi connectivity index (χ1n) is 12.6. The van der Waals surface area contributed by atoms with Gasteiger partial charge < -0.3 is 40.1 Å². The highest BCUT2D eigenvalue weighted by molar-refractivity contribution is 6.68. The molecule has 0 spiro atoms. The molecule has 0 aromatic carbocycles. The van der Waals surface area contributed by atoms with E-state index in [4.69, 9.17) is 40.1 Å². The van der Waals surface area contributed by atoms with Crippen molar-refractivity contribution < 1.29 is 40.1 Å². The second-order valence-corrected chi connectivity index (χ2v) is 12.2. The Morgan fingerprint density at radius 3 is 1.09 bits per heavy atom. The molecule has 0 fully saturated rings. The van der Waals surface area contributed by atoms with E-state index in [1.807, 2.05) is 41.5 Å². The van der Waals surface area contributed by atoms with Crippen LogP contribution in [0.25, 0.3) is 0 Å². The van der Waals surface area contributed by atoms with Crippen molar-refractivity contribution in [3.63, 3.8) is 0 Å². The standard InChI is InChI=1S/C22H50O9Si2/c1-9-23-19-21(7)15-17-29-32(25-11-3,26-12-4)31-33(27-13-5,28-14-6)30-18-16-22(8)20-24-10-2/h21-22H,9-20H2,1-8H3. The van der Waals surface area contributed by atoms with Crippen molar-refractivity contribution in [1.29, 1.82) is 0 Å². The summed E-state index contributed by atoms with van der Waals surface area (Å²) in [4.78, 5) is 0. The highest BCUT2D eigenvalue weighted by atomic mass is 28.5. The molecule has 9 nitrogen and oxygen atoms in total. The lowest BCUT2D eigenvalue weighted by Gasteiger charge is -2.35. The molecule has 0 aromatic rings. The van der Waals surface area contributed by atoms with Crippen LogP contribution in [0.3, 0.4) is 0 Å². The van der Waals surface area contributed by atoms with E-state index in [2.05, 4.69) is 13.8 Å². The third kappa shape index (κ3) is 14.9. The Hall–Kier alpha value is 0.0738. The van der Waals surface area contributed by atoms with Crippen LogP contribution in [-0.2, 0) is 40.1 Å². The minimum atomic E-state index is -3.58. The number of hydrogen-bond donors (Lipinski definition) is 0. The molecule has 0 saturated carbocycles. The van der Waals surface area contributed by atoms with Gasteiger partial charge in [0.15, 0.2) is 0 Å². The van der Waals surface area contributed by atoms with E-state index in [0.29, 0.717) is 77.9 Å². The molecule has 200 valence electrons. The Labute approximate surface area is 204 Å². The van der Waals surface area contributed by atoms with Crippen LogP contribution in [0.15, 0.2) is 0 Å². The lowest BCUT2D eigenvalue weighted by Crippen LogP contribution is -2.62. The zero-order chi connectivity index (χ0) is 25.0. The third-order valence-corrected chi connectivity index (χ3v) is 10.2. The topological polar surface area (TPSA) is 83.1 Å². The molecular formula is C22H50O9Si2. The molecule has 0 aromatic heterocycles. The zero-order valence-corrected chi connectivity index (χ0v) is 24.3. The van der Waals surface area contributed by atoms with Gasteiger partial charge in [-0.25, -0.2) is 0 Å². The molecule has 0 aliphatic heterocycles. The highest BCUT2D eigenvalue weighted by Crippen LogP contribution is 2.24. The Morgan fingerprint density at radius 2 is 0.818 bits per heavy atom. The number of ether oxygens (including phenoxy) is 2. The van der Waals surface area contributed by atoms with Gasteiger partial charge >= 0.3 is 18.1 Å². The van der Waals surface area contributed by atoms with Crippen LogP contribution in [0.4, 0.5) is 0 Å². The second-order valence-electron chi connectivity index (χ2n) is 7.64. The molecule has 0 aliphatic rings. The molecule has 2 unspecified atom stereocenters. The van der Waals surface area contributed by atoms with Crippen LogP contribution in [-0.4, -0.2) is 84.2 Å². The SMILES string of the molecule is CCOCC(C)CCO[Si](OCC)(OCC)O[Si](OCC)(OCC)OCCC(C)COCC. The van der Waals surface area contributed by atoms with Gasteiger partial charge in [-0.05, 0) is 66.2 Å². The molecule has 2 atom stereocenters. The maximum Gasteiger partial charge on any atom is 0.673 e. The molecular weight excluding hydrogens is 464 g/mol. The monoisotopic (exact) mass is 514 g/mol. The number of hydrogen-bond acceptors (Lipinski definition) is 9. The van der Waals surface area contributed by atoms with E-state index < -0.39 is 18.1 Å². The van der Waals surface area contributed by atoms with E-state index in [1.54, 1.807) is 0 Å². The average molecular weight is 515 g/mol. The van der Waals surface area contributed by atoms with Crippen LogP contribution in [0.2, 0.25) is 0 Å². The molecule has 0 rings (SSSR count). The van der Waals surface area contributed by atoms with Gasteiger partial charge in [0, 0.05) is 66.1 Å². The minimum absolute atomic E-state index is 0.337. The summed E-state index contributed by atoms with van der Waals surface area (Å²) >= 11 is 0. The summed E-state index contributed by atoms with van der Waals surface area (Å²) in [5.74, 6) is 0.674. The van der Waals surface area contributed by atoms with Crippen LogP contribution >= 0.6 is 0 Å². The molecule has 0 aliphatic carbocycles. The Balaban J connectivity index is 5.40. The number of rotatable bonds is 24. The van der Waals surface area contributed by atoms with Crippen LogP contribution in [0.1, 0.15) is 68.2 Å². The maximum atomic E-state index is 6.40. The van der Waals surface area contributed by atoms with Crippen molar-refractivity contribution in [2.45, 2.75) is 68.2 Å². The van der Waals surface area contributed by atoms with Gasteiger partial charge in [-0.1, -0.05) is 13.8 Å². The first-order valence-corrected chi connectivity index (χ1v) is 15.8. The largest absolute Gasteiger partial charge is 0.673 e. The third-order valence-electron chi connectivity index (χ3n) is 4.53. The Kier molecular flexibility index (Phi) is 20.3. The average Bonchev–Trinajstić information content (AvgIpc) is 2.77. The van der Waals surface area contributed by atoms with E-state index in [0.717, 1.165) is 12.8 Å². The van der Waals surface area contributed by atoms with E-state index in [9.17, 15) is 0 Å². The summed E-state index contributed by atoms with van der Waals surface area (Å²) in [5, 5.41) is 0. The molecule has 0 amide bonds. The summed E-state index contributed by atoms with van der Waals surface area (Å²) in [6.45, 7) is 20.8. The van der Waals surface area contributed by atoms with Gasteiger partial charge in [-0.15, -0.1) is 0 Å². The first kappa shape index (κ1) is 33.1. The molecule has 0 saturated heterocycles. The fourth-order valence-electron chi connectivity index (χ4n) is 2.86. The Morgan fingerprint density at radius 1 is 0.485 bits per heavy atom. The molecule has 33 heavy (non-hydrogen) atoms. The fraction of sp³-hybridized carbons (Fsp3) is 1.00. The smallest absolute Gasteiger partial charge is 0.381 e. The van der Waals surface area contributed by atoms with Crippen molar-refractivity contribution in [2.24, 2.45) is 11.8 Å². The molecule has 11 heteroatoms. The summed E-state index contributed by atoms with van der Waals surface area (Å²) < 4.78 is 53.7. The quantitative estimate of drug-likeness (QED) is 0.176. The van der Waals surface area contributed by atoms with Gasteiger partial charge in [-0.3, -0.25) is 0 Å². The summed E-state index contributed by atoms with van der Waals surface area (Å²) in [5.41, 5.74) is 0. The van der Waals surface area contributed by atoms with Crippen LogP contribution in [0, 0.1) is 11.8 Å². The normalized spacial score (nSPS) is 14.5. The van der Waals surface area contributed by atoms with Crippen molar-refractivity contribution in [1.82, 2.24) is 0 Å². The van der Waals surface area contributed by atoms with Crippen molar-refractivity contribution in [2.75, 3.05) is 66.1 Å². The summed E-state index contributed by atoms with van der Waals surface area (Å²) in [6.07, 6.45) is 1.57. The molecule has 0 bridgehead atoms. The lowest BCUT2D eigenvalue weighted by molar-refractivity contribution is -0.0660. The first-order chi connectivity index (χ1) is 15.9. The highest BCUT2D eigenvalue weighted by Gasteiger charge is 2.59. The molecule has 0 N–H and O–H groups in total. The van der Waals surface area contributed by atoms with E-state index in [1.165, 1.54) is 0 Å². The zero-order valence-electron chi connectivity index (χ0n) is 22.3. The van der Waals surface area contributed by atoms with Crippen LogP contribution < -0.4 is 0 Å². The fourth-order valence-corrected chi connectivity index (χ4v) is 8.15. The predicted octanol–water partition coefficient (Wildman–Crippen LogP) is 4.18. The van der Waals surface area contributed by atoms with Gasteiger partial charge in [0.25, 0.3) is 0 Å². The lowest BCUT2D eigenvalue weighted by atomic mass is 10.1. The van der Waals surface area contributed by atoms with Crippen molar-refractivity contribution in [3.8, 4) is 0 Å². The predicted molar refractivity (Wildman–Crippen MR) is 132 cm³/mol. The van der Waals surface area contributed by atoms with E-state index >= 15 is 0 Å². The molecule has 0 heterocycles. The van der Waals surface area contributed by atoms with Gasteiger partial charge in [0.1, 0.15) is 0 Å². The van der Waals surface area contributed by atoms with Crippen molar-refractivity contribution >= 4 is 18.1 Å². The minimum Gasteiger partial charge on any atom is -0.381 e. The van der Waals surface area contributed by atoms with Gasteiger partial charge in [0.2, 0.25) is 0 Å².